The van der Waals surface area contributed by atoms with Crippen LogP contribution in [0.4, 0.5) is 0 Å². The normalized spacial score (nSPS) is 17.8. The van der Waals surface area contributed by atoms with Gasteiger partial charge in [-0.05, 0) is 30.9 Å². The van der Waals surface area contributed by atoms with Crippen molar-refractivity contribution in [2.45, 2.75) is 57.1 Å². The maximum Gasteiger partial charge on any atom is 0.0650 e. The summed E-state index contributed by atoms with van der Waals surface area (Å²) < 4.78 is 2.11. The summed E-state index contributed by atoms with van der Waals surface area (Å²) in [4.78, 5) is 0. The van der Waals surface area contributed by atoms with Crippen LogP contribution in [0.2, 0.25) is 0 Å². The molecule has 0 aliphatic heterocycles. The monoisotopic (exact) mass is 284 g/mol. The zero-order chi connectivity index (χ0) is 14.5. The van der Waals surface area contributed by atoms with Crippen LogP contribution >= 0.6 is 0 Å². The van der Waals surface area contributed by atoms with Crippen LogP contribution in [-0.4, -0.2) is 21.0 Å². The van der Waals surface area contributed by atoms with Gasteiger partial charge in [-0.1, -0.05) is 49.6 Å². The minimum atomic E-state index is -0.359. The minimum Gasteiger partial charge on any atom is -0.392 e. The van der Waals surface area contributed by atoms with Crippen LogP contribution < -0.4 is 0 Å². The highest BCUT2D eigenvalue weighted by Crippen LogP contribution is 2.27. The Balaban J connectivity index is 1.56. The van der Waals surface area contributed by atoms with Gasteiger partial charge in [-0.2, -0.15) is 5.10 Å². The van der Waals surface area contributed by atoms with Crippen molar-refractivity contribution in [3.8, 4) is 0 Å². The van der Waals surface area contributed by atoms with E-state index < -0.39 is 0 Å². The molecule has 21 heavy (non-hydrogen) atoms. The molecule has 1 heterocycles. The summed E-state index contributed by atoms with van der Waals surface area (Å²) in [5.74, 6) is 0. The number of benzene rings is 1. The third-order valence-corrected chi connectivity index (χ3v) is 4.37. The van der Waals surface area contributed by atoms with E-state index in [0.29, 0.717) is 18.9 Å². The third-order valence-electron chi connectivity index (χ3n) is 4.37. The molecule has 1 aliphatic rings. The van der Waals surface area contributed by atoms with Crippen LogP contribution in [0.3, 0.4) is 0 Å². The van der Waals surface area contributed by atoms with E-state index in [2.05, 4.69) is 34.2 Å². The molecule has 3 rings (SSSR count). The van der Waals surface area contributed by atoms with Crippen molar-refractivity contribution >= 4 is 0 Å². The second-order valence-electron chi connectivity index (χ2n) is 6.13. The van der Waals surface area contributed by atoms with E-state index in [1.165, 1.54) is 37.7 Å². The van der Waals surface area contributed by atoms with E-state index in [1.54, 1.807) is 0 Å². The molecular formula is C18H24N2O. The summed E-state index contributed by atoms with van der Waals surface area (Å²) >= 11 is 0. The number of rotatable bonds is 5. The quantitative estimate of drug-likeness (QED) is 0.912. The molecule has 112 valence electrons. The lowest BCUT2D eigenvalue weighted by Gasteiger charge is -2.21. The molecule has 2 aromatic rings. The van der Waals surface area contributed by atoms with Crippen LogP contribution in [0.5, 0.6) is 0 Å². The fraction of sp³-hybridized carbons (Fsp3) is 0.500. The van der Waals surface area contributed by atoms with Gasteiger partial charge < -0.3 is 5.11 Å². The van der Waals surface area contributed by atoms with Crippen LogP contribution in [0, 0.1) is 0 Å². The zero-order valence-corrected chi connectivity index (χ0v) is 12.5. The molecule has 0 amide bonds. The van der Waals surface area contributed by atoms with Gasteiger partial charge in [0, 0.05) is 12.6 Å². The second kappa shape index (κ2) is 6.90. The molecule has 1 aliphatic carbocycles. The Morgan fingerprint density at radius 2 is 1.81 bits per heavy atom. The molecule has 3 heteroatoms. The van der Waals surface area contributed by atoms with Gasteiger partial charge in [0.2, 0.25) is 0 Å². The van der Waals surface area contributed by atoms with E-state index in [0.717, 1.165) is 5.69 Å². The van der Waals surface area contributed by atoms with Crippen molar-refractivity contribution in [3.63, 3.8) is 0 Å². The van der Waals surface area contributed by atoms with Crippen molar-refractivity contribution in [1.29, 1.82) is 0 Å². The van der Waals surface area contributed by atoms with Gasteiger partial charge >= 0.3 is 0 Å². The van der Waals surface area contributed by atoms with Gasteiger partial charge in [0.1, 0.15) is 0 Å². The number of nitrogens with zero attached hydrogens (tertiary/aromatic N) is 2. The van der Waals surface area contributed by atoms with Gasteiger partial charge in [-0.3, -0.25) is 4.68 Å². The molecule has 1 saturated carbocycles. The van der Waals surface area contributed by atoms with Crippen molar-refractivity contribution in [3.05, 3.63) is 53.9 Å². The van der Waals surface area contributed by atoms with Gasteiger partial charge in [-0.25, -0.2) is 0 Å². The van der Waals surface area contributed by atoms with Crippen LogP contribution in [0.15, 0.2) is 42.6 Å². The molecule has 1 N–H and O–H groups in total. The number of aliphatic hydroxyl groups excluding tert-OH is 1. The smallest absolute Gasteiger partial charge is 0.0650 e. The topological polar surface area (TPSA) is 38.0 Å². The molecule has 0 saturated heterocycles. The van der Waals surface area contributed by atoms with Crippen molar-refractivity contribution in [1.82, 2.24) is 9.78 Å². The SMILES string of the molecule is OC(Cc1ccccc1)Cc1ccn(C2CCCCC2)n1. The third kappa shape index (κ3) is 3.94. The maximum atomic E-state index is 10.2. The first kappa shape index (κ1) is 14.3. The number of aromatic nitrogens is 2. The highest BCUT2D eigenvalue weighted by molar-refractivity contribution is 5.16. The average Bonchev–Trinajstić information content (AvgIpc) is 2.97. The molecule has 1 aromatic heterocycles. The van der Waals surface area contributed by atoms with Gasteiger partial charge in [-0.15, -0.1) is 0 Å². The summed E-state index contributed by atoms with van der Waals surface area (Å²) in [5, 5.41) is 14.9. The predicted molar refractivity (Wildman–Crippen MR) is 84.2 cm³/mol. The second-order valence-corrected chi connectivity index (χ2v) is 6.13. The van der Waals surface area contributed by atoms with Gasteiger partial charge in [0.25, 0.3) is 0 Å². The molecule has 1 fully saturated rings. The maximum absolute atomic E-state index is 10.2. The van der Waals surface area contributed by atoms with E-state index in [-0.39, 0.29) is 6.10 Å². The number of aliphatic hydroxyl groups is 1. The van der Waals surface area contributed by atoms with E-state index in [9.17, 15) is 5.11 Å². The Hall–Kier alpha value is -1.61. The Morgan fingerprint density at radius 3 is 2.57 bits per heavy atom. The minimum absolute atomic E-state index is 0.359. The molecule has 0 spiro atoms. The summed E-state index contributed by atoms with van der Waals surface area (Å²) in [5.41, 5.74) is 2.18. The van der Waals surface area contributed by atoms with E-state index in [4.69, 9.17) is 0 Å². The molecule has 3 nitrogen and oxygen atoms in total. The highest BCUT2D eigenvalue weighted by Gasteiger charge is 2.16. The van der Waals surface area contributed by atoms with Gasteiger partial charge in [0.15, 0.2) is 0 Å². The lowest BCUT2D eigenvalue weighted by Crippen LogP contribution is -2.16. The Labute approximate surface area is 126 Å². The standard InChI is InChI=1S/C18H24N2O/c21-18(13-15-7-3-1-4-8-15)14-16-11-12-20(19-16)17-9-5-2-6-10-17/h1,3-4,7-8,11-12,17-18,21H,2,5-6,9-10,13-14H2. The van der Waals surface area contributed by atoms with Crippen LogP contribution in [-0.2, 0) is 12.8 Å². The summed E-state index contributed by atoms with van der Waals surface area (Å²) in [6, 6.07) is 12.8. The molecule has 1 atom stereocenters. The average molecular weight is 284 g/mol. The van der Waals surface area contributed by atoms with Crippen molar-refractivity contribution < 1.29 is 5.11 Å². The van der Waals surface area contributed by atoms with E-state index in [1.807, 2.05) is 18.2 Å². The van der Waals surface area contributed by atoms with Crippen LogP contribution in [0.25, 0.3) is 0 Å². The largest absolute Gasteiger partial charge is 0.392 e. The molecule has 0 radical (unpaired) electrons. The Morgan fingerprint density at radius 1 is 1.05 bits per heavy atom. The summed E-state index contributed by atoms with van der Waals surface area (Å²) in [6.45, 7) is 0. The highest BCUT2D eigenvalue weighted by atomic mass is 16.3. The predicted octanol–water partition coefficient (Wildman–Crippen LogP) is 3.53. The Bertz CT molecular complexity index is 543. The van der Waals surface area contributed by atoms with E-state index >= 15 is 0 Å². The van der Waals surface area contributed by atoms with Crippen molar-refractivity contribution in [2.75, 3.05) is 0 Å². The fourth-order valence-corrected chi connectivity index (χ4v) is 3.23. The zero-order valence-electron chi connectivity index (χ0n) is 12.5. The number of hydrogen-bond donors (Lipinski definition) is 1. The summed E-state index contributed by atoms with van der Waals surface area (Å²) in [7, 11) is 0. The molecule has 1 aromatic carbocycles. The van der Waals surface area contributed by atoms with Crippen molar-refractivity contribution in [2.24, 2.45) is 0 Å². The first-order valence-electron chi connectivity index (χ1n) is 8.07. The number of hydrogen-bond acceptors (Lipinski definition) is 2. The fourth-order valence-electron chi connectivity index (χ4n) is 3.23. The Kier molecular flexibility index (Phi) is 4.71. The lowest BCUT2D eigenvalue weighted by molar-refractivity contribution is 0.173. The first-order valence-corrected chi connectivity index (χ1v) is 8.07. The van der Waals surface area contributed by atoms with Gasteiger partial charge in [0.05, 0.1) is 17.8 Å². The first-order chi connectivity index (χ1) is 10.3. The molecule has 0 bridgehead atoms. The molecular weight excluding hydrogens is 260 g/mol. The molecule has 1 unspecified atom stereocenters. The summed E-state index contributed by atoms with van der Waals surface area (Å²) in [6.07, 6.45) is 9.53. The van der Waals surface area contributed by atoms with Crippen LogP contribution in [0.1, 0.15) is 49.4 Å². The lowest BCUT2D eigenvalue weighted by atomic mass is 9.96.